The molecule has 5 nitrogen and oxygen atoms in total. The van der Waals surface area contributed by atoms with Crippen LogP contribution in [0.25, 0.3) is 0 Å². The highest BCUT2D eigenvalue weighted by molar-refractivity contribution is 5.95. The van der Waals surface area contributed by atoms with Gasteiger partial charge in [-0.1, -0.05) is 32.0 Å². The number of benzene rings is 1. The van der Waals surface area contributed by atoms with Gasteiger partial charge in [0.05, 0.1) is 12.1 Å². The Morgan fingerprint density at radius 3 is 2.10 bits per heavy atom. The van der Waals surface area contributed by atoms with Crippen molar-refractivity contribution in [3.63, 3.8) is 0 Å². The maximum atomic E-state index is 12.0. The Morgan fingerprint density at radius 2 is 1.52 bits per heavy atom. The van der Waals surface area contributed by atoms with Gasteiger partial charge in [-0.25, -0.2) is 0 Å². The summed E-state index contributed by atoms with van der Waals surface area (Å²) in [4.78, 5) is 23.9. The minimum atomic E-state index is -0.454. The summed E-state index contributed by atoms with van der Waals surface area (Å²) in [6, 6.07) is 8.38. The van der Waals surface area contributed by atoms with Crippen LogP contribution in [0.15, 0.2) is 30.3 Å². The molecule has 0 aromatic heterocycles. The van der Waals surface area contributed by atoms with E-state index < -0.39 is 12.1 Å². The van der Waals surface area contributed by atoms with Crippen LogP contribution in [0.4, 0.5) is 5.69 Å². The van der Waals surface area contributed by atoms with E-state index in [2.05, 4.69) is 16.0 Å². The smallest absolute Gasteiger partial charge is 0.241 e. The molecule has 116 valence electrons. The van der Waals surface area contributed by atoms with Crippen molar-refractivity contribution in [3.8, 4) is 0 Å². The molecular weight excluding hydrogens is 266 g/mol. The third-order valence-electron chi connectivity index (χ3n) is 3.01. The van der Waals surface area contributed by atoms with E-state index in [-0.39, 0.29) is 11.8 Å². The van der Waals surface area contributed by atoms with Crippen molar-refractivity contribution in [2.45, 2.75) is 39.8 Å². The largest absolute Gasteiger partial charge is 0.354 e. The summed E-state index contributed by atoms with van der Waals surface area (Å²) in [5, 5.41) is 8.65. The molecule has 3 N–H and O–H groups in total. The van der Waals surface area contributed by atoms with Crippen LogP contribution in [0, 0.1) is 5.92 Å². The average molecular weight is 291 g/mol. The molecule has 0 radical (unpaired) electrons. The zero-order valence-electron chi connectivity index (χ0n) is 13.1. The van der Waals surface area contributed by atoms with Crippen LogP contribution >= 0.6 is 0 Å². The first-order chi connectivity index (χ1) is 9.90. The fourth-order valence-corrected chi connectivity index (χ4v) is 1.76. The molecule has 1 rings (SSSR count). The van der Waals surface area contributed by atoms with Gasteiger partial charge in [0, 0.05) is 12.2 Å². The first kappa shape index (κ1) is 17.2. The predicted molar refractivity (Wildman–Crippen MR) is 85.0 cm³/mol. The molecule has 2 atom stereocenters. The van der Waals surface area contributed by atoms with Crippen LogP contribution in [-0.2, 0) is 9.59 Å². The van der Waals surface area contributed by atoms with Gasteiger partial charge in [-0.15, -0.1) is 0 Å². The van der Waals surface area contributed by atoms with Gasteiger partial charge < -0.3 is 10.6 Å². The third kappa shape index (κ3) is 6.40. The number of hydrogen-bond acceptors (Lipinski definition) is 3. The summed E-state index contributed by atoms with van der Waals surface area (Å²) < 4.78 is 0. The maximum absolute atomic E-state index is 12.0. The number of carbonyl (C=O) groups excluding carboxylic acids is 2. The van der Waals surface area contributed by atoms with E-state index in [1.54, 1.807) is 13.8 Å². The van der Waals surface area contributed by atoms with Gasteiger partial charge in [0.1, 0.15) is 0 Å². The van der Waals surface area contributed by atoms with E-state index in [9.17, 15) is 9.59 Å². The maximum Gasteiger partial charge on any atom is 0.241 e. The Morgan fingerprint density at radius 1 is 0.952 bits per heavy atom. The van der Waals surface area contributed by atoms with Gasteiger partial charge in [0.15, 0.2) is 0 Å². The first-order valence-electron chi connectivity index (χ1n) is 7.29. The fraction of sp³-hybridized carbons (Fsp3) is 0.500. The molecule has 0 aliphatic heterocycles. The SMILES string of the molecule is CC(C)CNC(=O)C(C)NC(C)C(=O)Nc1ccccc1. The molecule has 5 heteroatoms. The van der Waals surface area contributed by atoms with Crippen molar-refractivity contribution < 1.29 is 9.59 Å². The Labute approximate surface area is 126 Å². The lowest BCUT2D eigenvalue weighted by Crippen LogP contribution is -2.50. The van der Waals surface area contributed by atoms with E-state index in [0.29, 0.717) is 12.5 Å². The Kier molecular flexibility index (Phi) is 6.88. The highest BCUT2D eigenvalue weighted by Gasteiger charge is 2.19. The monoisotopic (exact) mass is 291 g/mol. The lowest BCUT2D eigenvalue weighted by molar-refractivity contribution is -0.123. The van der Waals surface area contributed by atoms with Gasteiger partial charge in [-0.05, 0) is 31.9 Å². The van der Waals surface area contributed by atoms with Crippen molar-refractivity contribution in [1.29, 1.82) is 0 Å². The van der Waals surface area contributed by atoms with Crippen LogP contribution < -0.4 is 16.0 Å². The fourth-order valence-electron chi connectivity index (χ4n) is 1.76. The van der Waals surface area contributed by atoms with E-state index in [0.717, 1.165) is 5.69 Å². The van der Waals surface area contributed by atoms with Crippen molar-refractivity contribution in [2.75, 3.05) is 11.9 Å². The number of amides is 2. The van der Waals surface area contributed by atoms with Crippen molar-refractivity contribution in [2.24, 2.45) is 5.92 Å². The summed E-state index contributed by atoms with van der Waals surface area (Å²) in [5.74, 6) is 0.146. The Bertz CT molecular complexity index is 460. The molecule has 0 fully saturated rings. The Balaban J connectivity index is 2.42. The number of anilines is 1. The third-order valence-corrected chi connectivity index (χ3v) is 3.01. The second-order valence-electron chi connectivity index (χ2n) is 5.60. The summed E-state index contributed by atoms with van der Waals surface area (Å²) >= 11 is 0. The first-order valence-corrected chi connectivity index (χ1v) is 7.29. The second kappa shape index (κ2) is 8.42. The second-order valence-corrected chi connectivity index (χ2v) is 5.60. The predicted octanol–water partition coefficient (Wildman–Crippen LogP) is 1.76. The minimum Gasteiger partial charge on any atom is -0.354 e. The van der Waals surface area contributed by atoms with Gasteiger partial charge in [-0.2, -0.15) is 0 Å². The van der Waals surface area contributed by atoms with E-state index in [1.165, 1.54) is 0 Å². The molecule has 0 saturated carbocycles. The molecule has 1 aromatic rings. The van der Waals surface area contributed by atoms with Gasteiger partial charge in [-0.3, -0.25) is 14.9 Å². The van der Waals surface area contributed by atoms with Gasteiger partial charge in [0.2, 0.25) is 11.8 Å². The topological polar surface area (TPSA) is 70.2 Å². The molecule has 0 heterocycles. The highest BCUT2D eigenvalue weighted by atomic mass is 16.2. The van der Waals surface area contributed by atoms with Crippen molar-refractivity contribution >= 4 is 17.5 Å². The molecular formula is C16H25N3O2. The molecule has 2 unspecified atom stereocenters. The number of rotatable bonds is 7. The van der Waals surface area contributed by atoms with E-state index in [4.69, 9.17) is 0 Å². The van der Waals surface area contributed by atoms with Crippen LogP contribution in [0.3, 0.4) is 0 Å². The molecule has 0 bridgehead atoms. The normalized spacial score (nSPS) is 13.6. The molecule has 2 amide bonds. The summed E-state index contributed by atoms with van der Waals surface area (Å²) in [6.07, 6.45) is 0. The lowest BCUT2D eigenvalue weighted by Gasteiger charge is -2.19. The number of nitrogens with one attached hydrogen (secondary N) is 3. The van der Waals surface area contributed by atoms with Crippen LogP contribution in [0.5, 0.6) is 0 Å². The van der Waals surface area contributed by atoms with Crippen LogP contribution in [0.1, 0.15) is 27.7 Å². The quantitative estimate of drug-likeness (QED) is 0.717. The van der Waals surface area contributed by atoms with Crippen molar-refractivity contribution in [3.05, 3.63) is 30.3 Å². The minimum absolute atomic E-state index is 0.0944. The van der Waals surface area contributed by atoms with Crippen LogP contribution in [-0.4, -0.2) is 30.4 Å². The van der Waals surface area contributed by atoms with Crippen molar-refractivity contribution in [1.82, 2.24) is 10.6 Å². The summed E-state index contributed by atoms with van der Waals surface area (Å²) in [7, 11) is 0. The number of hydrogen-bond donors (Lipinski definition) is 3. The average Bonchev–Trinajstić information content (AvgIpc) is 2.45. The summed E-state index contributed by atoms with van der Waals surface area (Å²) in [5.41, 5.74) is 0.744. The Hall–Kier alpha value is -1.88. The molecule has 0 saturated heterocycles. The number of para-hydroxylation sites is 1. The standard InChI is InChI=1S/C16H25N3O2/c1-11(2)10-17-15(20)12(3)18-13(4)16(21)19-14-8-6-5-7-9-14/h5-9,11-13,18H,10H2,1-4H3,(H,17,20)(H,19,21). The van der Waals surface area contributed by atoms with Gasteiger partial charge in [0.25, 0.3) is 0 Å². The number of carbonyl (C=O) groups is 2. The molecule has 1 aromatic carbocycles. The molecule has 0 spiro atoms. The zero-order chi connectivity index (χ0) is 15.8. The van der Waals surface area contributed by atoms with E-state index in [1.807, 2.05) is 44.2 Å². The summed E-state index contributed by atoms with van der Waals surface area (Å²) in [6.45, 7) is 8.20. The van der Waals surface area contributed by atoms with Gasteiger partial charge >= 0.3 is 0 Å². The highest BCUT2D eigenvalue weighted by Crippen LogP contribution is 2.05. The van der Waals surface area contributed by atoms with E-state index >= 15 is 0 Å². The molecule has 0 aliphatic rings. The zero-order valence-corrected chi connectivity index (χ0v) is 13.1. The van der Waals surface area contributed by atoms with Crippen LogP contribution in [0.2, 0.25) is 0 Å². The molecule has 21 heavy (non-hydrogen) atoms. The molecule has 0 aliphatic carbocycles. The lowest BCUT2D eigenvalue weighted by atomic mass is 10.2.